The second-order valence-corrected chi connectivity index (χ2v) is 11.1. The zero-order valence-corrected chi connectivity index (χ0v) is 24.4. The highest BCUT2D eigenvalue weighted by Crippen LogP contribution is 2.62. The lowest BCUT2D eigenvalue weighted by Crippen LogP contribution is -2.49. The van der Waals surface area contributed by atoms with E-state index in [0.717, 1.165) is 11.1 Å². The van der Waals surface area contributed by atoms with Gasteiger partial charge < -0.3 is 24.4 Å². The zero-order chi connectivity index (χ0) is 30.6. The summed E-state index contributed by atoms with van der Waals surface area (Å²) >= 11 is 0. The quantitative estimate of drug-likeness (QED) is 0.278. The fourth-order valence-electron chi connectivity index (χ4n) is 7.34. The number of carbonyl (C=O) groups is 3. The fraction of sp³-hybridized carbons (Fsp3) is 0.194. The van der Waals surface area contributed by atoms with E-state index < -0.39 is 23.4 Å². The number of hydrogen-bond acceptors (Lipinski definition) is 7. The van der Waals surface area contributed by atoms with E-state index >= 15 is 4.79 Å². The Labute approximate surface area is 254 Å². The second kappa shape index (κ2) is 10.4. The number of nitrogens with zero attached hydrogens (tertiary/aromatic N) is 1. The summed E-state index contributed by atoms with van der Waals surface area (Å²) in [6, 6.07) is 25.4. The number of benzene rings is 4. The van der Waals surface area contributed by atoms with Crippen molar-refractivity contribution in [1.29, 1.82) is 0 Å². The van der Waals surface area contributed by atoms with E-state index in [1.165, 1.54) is 21.3 Å². The molecule has 3 heterocycles. The molecule has 3 aliphatic rings. The normalized spacial score (nSPS) is 22.6. The third-order valence-corrected chi connectivity index (χ3v) is 9.17. The average Bonchev–Trinajstić information content (AvgIpc) is 3.55. The Hall–Kier alpha value is -5.37. The standard InChI is InChI=1S/C36H30N2O6/c1-42-22-16-17-25(29(20-22)44-3)32(39)30-31(33(40)24-12-6-9-15-28(24)43-2)38-19-18-21-10-4-5-11-23(21)34(38)36(30)26-13-7-8-14-27(26)37-35(36)41/h4-20,30-31,34H,1-3H3,(H,37,41)/t30-,31+,34-,36-/m0/s1. The van der Waals surface area contributed by atoms with Crippen LogP contribution >= 0.6 is 0 Å². The first-order valence-corrected chi connectivity index (χ1v) is 14.3. The molecule has 8 heteroatoms. The van der Waals surface area contributed by atoms with Gasteiger partial charge in [-0.3, -0.25) is 14.4 Å². The number of ether oxygens (including phenoxy) is 3. The molecule has 1 N–H and O–H groups in total. The molecular formula is C36H30N2O6. The van der Waals surface area contributed by atoms with E-state index in [0.29, 0.717) is 34.1 Å². The molecule has 1 spiro atoms. The summed E-state index contributed by atoms with van der Waals surface area (Å²) < 4.78 is 16.7. The van der Waals surface area contributed by atoms with Crippen LogP contribution in [0, 0.1) is 5.92 Å². The third kappa shape index (κ3) is 3.73. The van der Waals surface area contributed by atoms with Crippen molar-refractivity contribution in [3.63, 3.8) is 0 Å². The average molecular weight is 587 g/mol. The third-order valence-electron chi connectivity index (χ3n) is 9.17. The molecule has 0 unspecified atom stereocenters. The monoisotopic (exact) mass is 586 g/mol. The van der Waals surface area contributed by atoms with Crippen molar-refractivity contribution in [2.45, 2.75) is 17.5 Å². The first kappa shape index (κ1) is 27.5. The van der Waals surface area contributed by atoms with Crippen LogP contribution in [0.25, 0.3) is 6.08 Å². The number of nitrogens with one attached hydrogen (secondary N) is 1. The molecule has 8 nitrogen and oxygen atoms in total. The highest BCUT2D eigenvalue weighted by Gasteiger charge is 2.71. The van der Waals surface area contributed by atoms with Crippen molar-refractivity contribution in [1.82, 2.24) is 4.90 Å². The van der Waals surface area contributed by atoms with Crippen LogP contribution in [0.3, 0.4) is 0 Å². The lowest BCUT2D eigenvalue weighted by molar-refractivity contribution is -0.122. The van der Waals surface area contributed by atoms with E-state index in [4.69, 9.17) is 14.2 Å². The molecule has 220 valence electrons. The molecule has 0 radical (unpaired) electrons. The van der Waals surface area contributed by atoms with Gasteiger partial charge in [0.15, 0.2) is 11.6 Å². The Bertz CT molecular complexity index is 1870. The van der Waals surface area contributed by atoms with Gasteiger partial charge in [-0.15, -0.1) is 0 Å². The van der Waals surface area contributed by atoms with Gasteiger partial charge in [0, 0.05) is 18.0 Å². The second-order valence-electron chi connectivity index (χ2n) is 11.1. The molecular weight excluding hydrogens is 556 g/mol. The predicted octanol–water partition coefficient (Wildman–Crippen LogP) is 5.69. The molecule has 1 saturated heterocycles. The first-order chi connectivity index (χ1) is 21.4. The molecule has 0 aliphatic carbocycles. The maximum atomic E-state index is 15.2. The van der Waals surface area contributed by atoms with Gasteiger partial charge in [-0.05, 0) is 53.1 Å². The molecule has 1 fully saturated rings. The first-order valence-electron chi connectivity index (χ1n) is 14.3. The van der Waals surface area contributed by atoms with Crippen molar-refractivity contribution in [2.24, 2.45) is 5.92 Å². The number of hydrogen-bond donors (Lipinski definition) is 1. The van der Waals surface area contributed by atoms with Gasteiger partial charge in [0.2, 0.25) is 5.91 Å². The van der Waals surface area contributed by atoms with E-state index in [1.54, 1.807) is 42.5 Å². The van der Waals surface area contributed by atoms with Gasteiger partial charge in [-0.25, -0.2) is 0 Å². The van der Waals surface area contributed by atoms with Gasteiger partial charge >= 0.3 is 0 Å². The highest BCUT2D eigenvalue weighted by atomic mass is 16.5. The van der Waals surface area contributed by atoms with Crippen LogP contribution in [-0.2, 0) is 10.2 Å². The van der Waals surface area contributed by atoms with E-state index in [9.17, 15) is 9.59 Å². The highest BCUT2D eigenvalue weighted by molar-refractivity contribution is 6.17. The summed E-state index contributed by atoms with van der Waals surface area (Å²) in [7, 11) is 4.52. The van der Waals surface area contributed by atoms with E-state index in [2.05, 4.69) is 5.32 Å². The molecule has 7 rings (SSSR count). The van der Waals surface area contributed by atoms with Crippen molar-refractivity contribution in [3.05, 3.63) is 125 Å². The van der Waals surface area contributed by atoms with E-state index in [-0.39, 0.29) is 23.0 Å². The largest absolute Gasteiger partial charge is 0.497 e. The zero-order valence-electron chi connectivity index (χ0n) is 24.4. The Morgan fingerprint density at radius 2 is 1.48 bits per heavy atom. The van der Waals surface area contributed by atoms with Crippen molar-refractivity contribution in [3.8, 4) is 17.2 Å². The molecule has 0 aromatic heterocycles. The summed E-state index contributed by atoms with van der Waals surface area (Å²) in [6.07, 6.45) is 3.78. The van der Waals surface area contributed by atoms with Gasteiger partial charge in [-0.2, -0.15) is 0 Å². The Morgan fingerprint density at radius 3 is 2.27 bits per heavy atom. The SMILES string of the molecule is COc1ccc(C(=O)[C@@H]2[C@H](C(=O)c3ccccc3OC)N3C=Cc4ccccc4[C@H]3[C@@]23C(=O)Nc2ccccc23)c(OC)c1. The minimum Gasteiger partial charge on any atom is -0.497 e. The maximum Gasteiger partial charge on any atom is 0.238 e. The fourth-order valence-corrected chi connectivity index (χ4v) is 7.34. The lowest BCUT2D eigenvalue weighted by Gasteiger charge is -2.38. The minimum absolute atomic E-state index is 0.254. The van der Waals surface area contributed by atoms with Crippen molar-refractivity contribution in [2.75, 3.05) is 26.6 Å². The Balaban J connectivity index is 1.55. The summed E-state index contributed by atoms with van der Waals surface area (Å²) in [5.41, 5.74) is 2.20. The number of methoxy groups -OCH3 is 3. The van der Waals surface area contributed by atoms with E-state index in [1.807, 2.05) is 65.7 Å². The molecule has 4 aromatic rings. The van der Waals surface area contributed by atoms with Crippen LogP contribution in [0.15, 0.2) is 97.2 Å². The Morgan fingerprint density at radius 1 is 0.773 bits per heavy atom. The minimum atomic E-state index is -1.46. The predicted molar refractivity (Wildman–Crippen MR) is 165 cm³/mol. The Kier molecular flexibility index (Phi) is 6.50. The summed E-state index contributed by atoms with van der Waals surface area (Å²) in [4.78, 5) is 46.6. The number of rotatable bonds is 7. The van der Waals surface area contributed by atoms with Gasteiger partial charge in [0.25, 0.3) is 0 Å². The molecule has 1 amide bonds. The molecule has 3 aliphatic heterocycles. The number of fused-ring (bicyclic) bond motifs is 6. The van der Waals surface area contributed by atoms with Gasteiger partial charge in [0.05, 0.1) is 44.4 Å². The smallest absolute Gasteiger partial charge is 0.238 e. The van der Waals surface area contributed by atoms with Crippen LogP contribution in [0.2, 0.25) is 0 Å². The number of ketones is 2. The van der Waals surface area contributed by atoms with Crippen molar-refractivity contribution < 1.29 is 28.6 Å². The number of Topliss-reactive ketones (excluding diaryl/α,β-unsaturated/α-hetero) is 2. The summed E-state index contributed by atoms with van der Waals surface area (Å²) in [5, 5.41) is 3.07. The number of amides is 1. The number of anilines is 1. The molecule has 0 bridgehead atoms. The van der Waals surface area contributed by atoms with Crippen LogP contribution in [0.5, 0.6) is 17.2 Å². The van der Waals surface area contributed by atoms with Crippen LogP contribution in [-0.4, -0.2) is 49.7 Å². The van der Waals surface area contributed by atoms with Crippen molar-refractivity contribution >= 4 is 29.2 Å². The van der Waals surface area contributed by atoms with Crippen LogP contribution in [0.1, 0.15) is 43.4 Å². The van der Waals surface area contributed by atoms with Gasteiger partial charge in [-0.1, -0.05) is 54.6 Å². The van der Waals surface area contributed by atoms with Gasteiger partial charge in [0.1, 0.15) is 28.7 Å². The number of carbonyl (C=O) groups excluding carboxylic acids is 3. The molecule has 4 aromatic carbocycles. The molecule has 4 atom stereocenters. The molecule has 0 saturated carbocycles. The van der Waals surface area contributed by atoms with Crippen LogP contribution in [0.4, 0.5) is 5.69 Å². The van der Waals surface area contributed by atoms with Crippen LogP contribution < -0.4 is 19.5 Å². The lowest BCUT2D eigenvalue weighted by atomic mass is 9.62. The summed E-state index contributed by atoms with van der Waals surface area (Å²) in [5.74, 6) is -0.992. The molecule has 44 heavy (non-hydrogen) atoms. The maximum absolute atomic E-state index is 15.2. The topological polar surface area (TPSA) is 94.2 Å². The number of para-hydroxylation sites is 2. The summed E-state index contributed by atoms with van der Waals surface area (Å²) in [6.45, 7) is 0.